The fraction of sp³-hybridized carbons (Fsp3) is 0. The van der Waals surface area contributed by atoms with Crippen molar-refractivity contribution in [3.8, 4) is 11.4 Å². The Balaban J connectivity index is 1.82. The van der Waals surface area contributed by atoms with Gasteiger partial charge in [-0.05, 0) is 24.3 Å². The van der Waals surface area contributed by atoms with E-state index >= 15 is 0 Å². The second-order valence-corrected chi connectivity index (χ2v) is 4.02. The van der Waals surface area contributed by atoms with Gasteiger partial charge in [0, 0.05) is 11.8 Å². The summed E-state index contributed by atoms with van der Waals surface area (Å²) in [6.07, 6.45) is 1.64. The van der Waals surface area contributed by atoms with Gasteiger partial charge in [-0.1, -0.05) is 24.3 Å². The quantitative estimate of drug-likeness (QED) is 0.752. The first-order valence-corrected chi connectivity index (χ1v) is 5.84. The van der Waals surface area contributed by atoms with Crippen LogP contribution in [0, 0.1) is 0 Å². The van der Waals surface area contributed by atoms with Crippen molar-refractivity contribution < 1.29 is 5.11 Å². The highest BCUT2D eigenvalue weighted by Gasteiger charge is 2.03. The number of para-hydroxylation sites is 1. The van der Waals surface area contributed by atoms with Gasteiger partial charge in [0.05, 0.1) is 5.69 Å². The van der Waals surface area contributed by atoms with E-state index in [1.807, 2.05) is 36.4 Å². The molecule has 0 bridgehead atoms. The van der Waals surface area contributed by atoms with Crippen LogP contribution in [0.5, 0.6) is 5.75 Å². The van der Waals surface area contributed by atoms with Crippen molar-refractivity contribution >= 4 is 11.6 Å². The normalized spacial score (nSPS) is 10.3. The molecule has 2 N–H and O–H groups in total. The highest BCUT2D eigenvalue weighted by atomic mass is 16.3. The topological polar surface area (TPSA) is 63.0 Å². The summed E-state index contributed by atoms with van der Waals surface area (Å²) in [6, 6.07) is 16.6. The lowest BCUT2D eigenvalue weighted by Gasteiger charge is -2.02. The molecule has 0 spiro atoms. The van der Waals surface area contributed by atoms with Crippen LogP contribution in [-0.2, 0) is 0 Å². The first kappa shape index (κ1) is 11.3. The van der Waals surface area contributed by atoms with Crippen LogP contribution in [0.25, 0.3) is 5.69 Å². The third-order valence-electron chi connectivity index (χ3n) is 2.61. The Hall–Kier alpha value is -2.82. The van der Waals surface area contributed by atoms with Crippen molar-refractivity contribution in [3.05, 3.63) is 60.9 Å². The molecule has 0 aliphatic heterocycles. The molecule has 5 heteroatoms. The van der Waals surface area contributed by atoms with Crippen LogP contribution in [0.1, 0.15) is 0 Å². The van der Waals surface area contributed by atoms with E-state index in [1.165, 1.54) is 0 Å². The highest BCUT2D eigenvalue weighted by Crippen LogP contribution is 2.18. The second kappa shape index (κ2) is 4.81. The summed E-state index contributed by atoms with van der Waals surface area (Å²) in [5, 5.41) is 16.7. The number of hydrogen-bond acceptors (Lipinski definition) is 4. The zero-order valence-electron chi connectivity index (χ0n) is 10.1. The maximum atomic E-state index is 9.39. The second-order valence-electron chi connectivity index (χ2n) is 4.02. The third-order valence-corrected chi connectivity index (χ3v) is 2.61. The fourth-order valence-electron chi connectivity index (χ4n) is 1.74. The van der Waals surface area contributed by atoms with E-state index in [-0.39, 0.29) is 5.75 Å². The van der Waals surface area contributed by atoms with Gasteiger partial charge in [-0.2, -0.15) is 4.98 Å². The smallest absolute Gasteiger partial charge is 0.246 e. The van der Waals surface area contributed by atoms with Gasteiger partial charge in [0.25, 0.3) is 0 Å². The van der Waals surface area contributed by atoms with E-state index in [9.17, 15) is 5.11 Å². The Kier molecular flexibility index (Phi) is 2.86. The molecule has 94 valence electrons. The molecule has 0 radical (unpaired) electrons. The van der Waals surface area contributed by atoms with Gasteiger partial charge in [0.2, 0.25) is 5.95 Å². The molecule has 1 aromatic heterocycles. The standard InChI is InChI=1S/C14H12N4O/c19-13-8-4-5-11(9-13)16-14-15-10-18(17-14)12-6-2-1-3-7-12/h1-10,19H,(H,16,17). The molecule has 0 amide bonds. The summed E-state index contributed by atoms with van der Waals surface area (Å²) in [4.78, 5) is 4.18. The lowest BCUT2D eigenvalue weighted by molar-refractivity contribution is 0.475. The molecule has 2 aromatic carbocycles. The van der Waals surface area contributed by atoms with E-state index in [0.29, 0.717) is 5.95 Å². The van der Waals surface area contributed by atoms with E-state index in [0.717, 1.165) is 11.4 Å². The van der Waals surface area contributed by atoms with Crippen molar-refractivity contribution in [1.29, 1.82) is 0 Å². The Labute approximate surface area is 110 Å². The Morgan fingerprint density at radius 1 is 1.00 bits per heavy atom. The largest absolute Gasteiger partial charge is 0.508 e. The number of hydrogen-bond donors (Lipinski definition) is 2. The number of aromatic nitrogens is 3. The zero-order chi connectivity index (χ0) is 13.1. The van der Waals surface area contributed by atoms with Crippen molar-refractivity contribution in [3.63, 3.8) is 0 Å². The molecule has 0 unspecified atom stereocenters. The Bertz CT molecular complexity index is 679. The number of anilines is 2. The molecule has 5 nitrogen and oxygen atoms in total. The molecule has 0 atom stereocenters. The van der Waals surface area contributed by atoms with Crippen molar-refractivity contribution in [1.82, 2.24) is 14.8 Å². The van der Waals surface area contributed by atoms with Gasteiger partial charge >= 0.3 is 0 Å². The van der Waals surface area contributed by atoms with Gasteiger partial charge in [-0.25, -0.2) is 4.68 Å². The van der Waals surface area contributed by atoms with E-state index in [2.05, 4.69) is 15.4 Å². The summed E-state index contributed by atoms with van der Waals surface area (Å²) in [5.41, 5.74) is 1.68. The Morgan fingerprint density at radius 3 is 2.63 bits per heavy atom. The molecule has 0 aliphatic rings. The number of phenols is 1. The van der Waals surface area contributed by atoms with E-state index in [1.54, 1.807) is 29.2 Å². The zero-order valence-corrected chi connectivity index (χ0v) is 10.1. The highest BCUT2D eigenvalue weighted by molar-refractivity contribution is 5.55. The van der Waals surface area contributed by atoms with Crippen LogP contribution in [0.15, 0.2) is 60.9 Å². The van der Waals surface area contributed by atoms with Crippen LogP contribution in [0.4, 0.5) is 11.6 Å². The number of aromatic hydroxyl groups is 1. The van der Waals surface area contributed by atoms with Crippen molar-refractivity contribution in [2.24, 2.45) is 0 Å². The Morgan fingerprint density at radius 2 is 1.84 bits per heavy atom. The van der Waals surface area contributed by atoms with Crippen LogP contribution in [0.2, 0.25) is 0 Å². The molecule has 0 fully saturated rings. The monoisotopic (exact) mass is 252 g/mol. The van der Waals surface area contributed by atoms with Crippen molar-refractivity contribution in [2.45, 2.75) is 0 Å². The van der Waals surface area contributed by atoms with Crippen LogP contribution >= 0.6 is 0 Å². The molecule has 19 heavy (non-hydrogen) atoms. The number of phenolic OH excluding ortho intramolecular Hbond substituents is 1. The maximum absolute atomic E-state index is 9.39. The first-order chi connectivity index (χ1) is 9.31. The fourth-order valence-corrected chi connectivity index (χ4v) is 1.74. The summed E-state index contributed by atoms with van der Waals surface area (Å²) < 4.78 is 1.69. The first-order valence-electron chi connectivity index (χ1n) is 5.84. The minimum absolute atomic E-state index is 0.201. The van der Waals surface area contributed by atoms with Crippen molar-refractivity contribution in [2.75, 3.05) is 5.32 Å². The minimum Gasteiger partial charge on any atom is -0.508 e. The van der Waals surface area contributed by atoms with Gasteiger partial charge in [0.15, 0.2) is 0 Å². The number of rotatable bonds is 3. The van der Waals surface area contributed by atoms with Crippen LogP contribution < -0.4 is 5.32 Å². The third kappa shape index (κ3) is 2.55. The summed E-state index contributed by atoms with van der Waals surface area (Å²) >= 11 is 0. The molecule has 0 saturated carbocycles. The lowest BCUT2D eigenvalue weighted by Crippen LogP contribution is -1.96. The summed E-state index contributed by atoms with van der Waals surface area (Å²) in [7, 11) is 0. The lowest BCUT2D eigenvalue weighted by atomic mass is 10.3. The van der Waals surface area contributed by atoms with E-state index < -0.39 is 0 Å². The molecular weight excluding hydrogens is 240 g/mol. The molecule has 0 saturated heterocycles. The van der Waals surface area contributed by atoms with Gasteiger partial charge in [0.1, 0.15) is 12.1 Å². The molecular formula is C14H12N4O. The van der Waals surface area contributed by atoms with Gasteiger partial charge < -0.3 is 10.4 Å². The maximum Gasteiger partial charge on any atom is 0.246 e. The van der Waals surface area contributed by atoms with Crippen LogP contribution in [0.3, 0.4) is 0 Å². The predicted molar refractivity (Wildman–Crippen MR) is 72.7 cm³/mol. The SMILES string of the molecule is Oc1cccc(Nc2ncn(-c3ccccc3)n2)c1. The van der Waals surface area contributed by atoms with E-state index in [4.69, 9.17) is 0 Å². The average Bonchev–Trinajstić information content (AvgIpc) is 2.88. The average molecular weight is 252 g/mol. The van der Waals surface area contributed by atoms with Crippen LogP contribution in [-0.4, -0.2) is 19.9 Å². The van der Waals surface area contributed by atoms with Gasteiger partial charge in [-0.15, -0.1) is 5.10 Å². The molecule has 3 aromatic rings. The van der Waals surface area contributed by atoms with Gasteiger partial charge in [-0.3, -0.25) is 0 Å². The molecule has 0 aliphatic carbocycles. The summed E-state index contributed by atoms with van der Waals surface area (Å²) in [6.45, 7) is 0. The number of nitrogens with zero attached hydrogens (tertiary/aromatic N) is 3. The number of nitrogens with one attached hydrogen (secondary N) is 1. The minimum atomic E-state index is 0.201. The number of benzene rings is 2. The predicted octanol–water partition coefficient (Wildman–Crippen LogP) is 2.72. The molecule has 1 heterocycles. The molecule has 3 rings (SSSR count). The summed E-state index contributed by atoms with van der Waals surface area (Å²) in [5.74, 6) is 0.682.